The minimum Gasteiger partial charge on any atom is -0.497 e. The number of β-amino-alcohol motifs (C(OH)–C–C–N with tert-alkyl or cyclic N) is 1. The number of aliphatic hydroxyl groups excluding tert-OH is 1. The number of piperazine rings is 1. The molecule has 0 amide bonds. The summed E-state index contributed by atoms with van der Waals surface area (Å²) in [6.07, 6.45) is 0.610. The number of ether oxygens (including phenoxy) is 2. The van der Waals surface area contributed by atoms with E-state index in [1.54, 1.807) is 7.11 Å². The normalized spacial score (nSPS) is 19.4. The molecule has 1 fully saturated rings. The van der Waals surface area contributed by atoms with Crippen LogP contribution in [0.5, 0.6) is 11.5 Å². The Morgan fingerprint density at radius 3 is 2.73 bits per heavy atom. The molecule has 0 aliphatic carbocycles. The summed E-state index contributed by atoms with van der Waals surface area (Å²) in [5.74, 6) is 1.59. The zero-order chi connectivity index (χ0) is 20.9. The topological polar surface area (TPSA) is 48.4 Å². The first-order chi connectivity index (χ1) is 14.6. The van der Waals surface area contributed by atoms with Crippen molar-refractivity contribution in [2.24, 2.45) is 0 Å². The van der Waals surface area contributed by atoms with Gasteiger partial charge in [0.1, 0.15) is 24.2 Å². The van der Waals surface area contributed by atoms with E-state index in [-0.39, 0.29) is 0 Å². The average Bonchev–Trinajstić information content (AvgIpc) is 3.22. The number of hydrogen-bond donors (Lipinski definition) is 1. The van der Waals surface area contributed by atoms with E-state index in [2.05, 4.69) is 39.3 Å². The third kappa shape index (κ3) is 5.53. The van der Waals surface area contributed by atoms with Crippen LogP contribution in [-0.2, 0) is 19.5 Å². The van der Waals surface area contributed by atoms with Gasteiger partial charge in [0.15, 0.2) is 0 Å². The predicted molar refractivity (Wildman–Crippen MR) is 121 cm³/mol. The Morgan fingerprint density at radius 2 is 1.93 bits per heavy atom. The second-order valence-electron chi connectivity index (χ2n) is 8.37. The van der Waals surface area contributed by atoms with Gasteiger partial charge in [-0.05, 0) is 36.5 Å². The number of rotatable bonds is 8. The van der Waals surface area contributed by atoms with Crippen LogP contribution in [0.2, 0.25) is 0 Å². The molecular formula is C23H33N3O3S. The van der Waals surface area contributed by atoms with Gasteiger partial charge in [0.05, 0.1) is 7.11 Å². The smallest absolute Gasteiger partial charge is 0.127 e. The zero-order valence-electron chi connectivity index (χ0n) is 18.0. The summed E-state index contributed by atoms with van der Waals surface area (Å²) in [5.41, 5.74) is 2.59. The van der Waals surface area contributed by atoms with Gasteiger partial charge in [-0.15, -0.1) is 11.3 Å². The number of likely N-dealkylation sites (N-methyl/N-ethyl adjacent to an activating group) is 1. The van der Waals surface area contributed by atoms with E-state index in [4.69, 9.17) is 9.47 Å². The predicted octanol–water partition coefficient (Wildman–Crippen LogP) is 2.30. The van der Waals surface area contributed by atoms with Crippen LogP contribution in [-0.4, -0.2) is 85.9 Å². The summed E-state index contributed by atoms with van der Waals surface area (Å²) < 4.78 is 11.5. The highest BCUT2D eigenvalue weighted by atomic mass is 32.1. The van der Waals surface area contributed by atoms with Gasteiger partial charge >= 0.3 is 0 Å². The third-order valence-electron chi connectivity index (χ3n) is 6.05. The lowest BCUT2D eigenvalue weighted by molar-refractivity contribution is 0.0499. The first kappa shape index (κ1) is 21.6. The summed E-state index contributed by atoms with van der Waals surface area (Å²) in [5, 5.41) is 12.7. The number of thiophene rings is 1. The maximum atomic E-state index is 10.5. The van der Waals surface area contributed by atoms with Crippen LogP contribution in [0.15, 0.2) is 29.6 Å². The number of methoxy groups -OCH3 is 1. The van der Waals surface area contributed by atoms with Crippen LogP contribution in [0.25, 0.3) is 0 Å². The molecule has 7 heteroatoms. The maximum Gasteiger partial charge on any atom is 0.127 e. The number of fused-ring (bicyclic) bond motifs is 1. The van der Waals surface area contributed by atoms with Gasteiger partial charge in [0, 0.05) is 68.9 Å². The summed E-state index contributed by atoms with van der Waals surface area (Å²) in [7, 11) is 3.81. The lowest BCUT2D eigenvalue weighted by Crippen LogP contribution is -2.47. The van der Waals surface area contributed by atoms with Gasteiger partial charge in [-0.3, -0.25) is 9.80 Å². The molecule has 2 aliphatic heterocycles. The number of nitrogens with zero attached hydrogens (tertiary/aromatic N) is 3. The molecule has 1 unspecified atom stereocenters. The largest absolute Gasteiger partial charge is 0.497 e. The van der Waals surface area contributed by atoms with E-state index in [9.17, 15) is 5.11 Å². The van der Waals surface area contributed by atoms with Crippen LogP contribution in [0.4, 0.5) is 0 Å². The van der Waals surface area contributed by atoms with Crippen LogP contribution in [0, 0.1) is 0 Å². The molecule has 0 spiro atoms. The highest BCUT2D eigenvalue weighted by Gasteiger charge is 2.20. The van der Waals surface area contributed by atoms with Gasteiger partial charge in [0.25, 0.3) is 0 Å². The summed E-state index contributed by atoms with van der Waals surface area (Å²) in [6, 6.07) is 8.26. The number of hydrogen-bond acceptors (Lipinski definition) is 7. The Hall–Kier alpha value is -1.64. The lowest BCUT2D eigenvalue weighted by Gasteiger charge is -2.33. The average molecular weight is 432 g/mol. The van der Waals surface area contributed by atoms with Gasteiger partial charge in [-0.1, -0.05) is 6.07 Å². The van der Waals surface area contributed by atoms with Crippen molar-refractivity contribution in [3.05, 3.63) is 45.6 Å². The first-order valence-electron chi connectivity index (χ1n) is 10.8. The standard InChI is InChI=1S/C23H33N3O3S/c1-24-8-10-25(11-9-24)16-20(27)17-29-22-13-21(28-2)4-3-18(22)14-26-7-5-23-19(15-26)6-12-30-23/h3-4,6,12-13,20,27H,5,7-11,14-17H2,1-2H3. The van der Waals surface area contributed by atoms with E-state index in [1.165, 1.54) is 10.4 Å². The van der Waals surface area contributed by atoms with Gasteiger partial charge in [-0.25, -0.2) is 0 Å². The van der Waals surface area contributed by atoms with E-state index in [1.807, 2.05) is 23.5 Å². The molecule has 164 valence electrons. The van der Waals surface area contributed by atoms with Crippen molar-refractivity contribution in [3.8, 4) is 11.5 Å². The molecule has 0 radical (unpaired) electrons. The van der Waals surface area contributed by atoms with Crippen molar-refractivity contribution in [3.63, 3.8) is 0 Å². The Bertz CT molecular complexity index is 820. The Morgan fingerprint density at radius 1 is 1.10 bits per heavy atom. The molecule has 1 saturated heterocycles. The second-order valence-corrected chi connectivity index (χ2v) is 9.37. The van der Waals surface area contributed by atoms with Crippen molar-refractivity contribution >= 4 is 11.3 Å². The van der Waals surface area contributed by atoms with Gasteiger partial charge in [-0.2, -0.15) is 0 Å². The van der Waals surface area contributed by atoms with Gasteiger partial charge < -0.3 is 19.5 Å². The molecule has 1 atom stereocenters. The highest BCUT2D eigenvalue weighted by molar-refractivity contribution is 7.10. The van der Waals surface area contributed by atoms with Crippen LogP contribution in [0.1, 0.15) is 16.0 Å². The van der Waals surface area contributed by atoms with Crippen molar-refractivity contribution in [1.29, 1.82) is 0 Å². The van der Waals surface area contributed by atoms with Crippen LogP contribution < -0.4 is 9.47 Å². The molecule has 0 saturated carbocycles. The molecule has 1 N–H and O–H groups in total. The van der Waals surface area contributed by atoms with Crippen molar-refractivity contribution in [2.45, 2.75) is 25.6 Å². The molecule has 30 heavy (non-hydrogen) atoms. The van der Waals surface area contributed by atoms with E-state index >= 15 is 0 Å². The molecule has 0 bridgehead atoms. The SMILES string of the molecule is COc1ccc(CN2CCc3sccc3C2)c(OCC(O)CN2CCN(C)CC2)c1. The minimum atomic E-state index is -0.504. The molecule has 1 aromatic heterocycles. The van der Waals surface area contributed by atoms with E-state index in [0.717, 1.165) is 69.3 Å². The summed E-state index contributed by atoms with van der Waals surface area (Å²) >= 11 is 1.87. The van der Waals surface area contributed by atoms with Crippen molar-refractivity contribution in [2.75, 3.05) is 60.0 Å². The van der Waals surface area contributed by atoms with E-state index < -0.39 is 6.10 Å². The van der Waals surface area contributed by atoms with Crippen molar-refractivity contribution < 1.29 is 14.6 Å². The fraction of sp³-hybridized carbons (Fsp3) is 0.565. The number of aliphatic hydroxyl groups is 1. The zero-order valence-corrected chi connectivity index (χ0v) is 18.9. The minimum absolute atomic E-state index is 0.293. The summed E-state index contributed by atoms with van der Waals surface area (Å²) in [6.45, 7) is 7.92. The fourth-order valence-electron chi connectivity index (χ4n) is 4.18. The Kier molecular flexibility index (Phi) is 7.28. The molecular weight excluding hydrogens is 398 g/mol. The Balaban J connectivity index is 1.36. The molecule has 3 heterocycles. The van der Waals surface area contributed by atoms with E-state index in [0.29, 0.717) is 13.2 Å². The summed E-state index contributed by atoms with van der Waals surface area (Å²) in [4.78, 5) is 8.61. The third-order valence-corrected chi connectivity index (χ3v) is 7.07. The quantitative estimate of drug-likeness (QED) is 0.692. The molecule has 2 aromatic rings. The Labute approximate surface area is 183 Å². The molecule has 1 aromatic carbocycles. The van der Waals surface area contributed by atoms with Crippen LogP contribution >= 0.6 is 11.3 Å². The lowest BCUT2D eigenvalue weighted by atomic mass is 10.1. The van der Waals surface area contributed by atoms with Gasteiger partial charge in [0.2, 0.25) is 0 Å². The number of benzene rings is 1. The second kappa shape index (κ2) is 10.1. The maximum absolute atomic E-state index is 10.5. The molecule has 4 rings (SSSR count). The fourth-order valence-corrected chi connectivity index (χ4v) is 5.07. The molecule has 2 aliphatic rings. The monoisotopic (exact) mass is 431 g/mol. The molecule has 6 nitrogen and oxygen atoms in total. The van der Waals surface area contributed by atoms with Crippen LogP contribution in [0.3, 0.4) is 0 Å². The van der Waals surface area contributed by atoms with Crippen molar-refractivity contribution in [1.82, 2.24) is 14.7 Å². The first-order valence-corrected chi connectivity index (χ1v) is 11.6. The highest BCUT2D eigenvalue weighted by Crippen LogP contribution is 2.29.